The maximum Gasteiger partial charge on any atom is 0.402 e. The fourth-order valence-corrected chi connectivity index (χ4v) is 6.46. The molecule has 0 fully saturated rings. The molecule has 0 aliphatic heterocycles. The van der Waals surface area contributed by atoms with Crippen molar-refractivity contribution in [2.75, 3.05) is 11.5 Å². The Hall–Kier alpha value is -1.27. The van der Waals surface area contributed by atoms with Crippen LogP contribution in [0.1, 0.15) is 47.7 Å². The maximum absolute atomic E-state index is 15.1. The molecule has 2 aromatic carbocycles. The molecule has 0 amide bonds. The number of alkyl halides is 5. The molecule has 0 aromatic heterocycles. The van der Waals surface area contributed by atoms with Gasteiger partial charge in [0.2, 0.25) is 0 Å². The molecule has 0 spiro atoms. The summed E-state index contributed by atoms with van der Waals surface area (Å²) in [6, 6.07) is 5.81. The summed E-state index contributed by atoms with van der Waals surface area (Å²) in [5.74, 6) is -10.6. The number of hydrogen-bond donors (Lipinski definition) is 0. The van der Waals surface area contributed by atoms with E-state index in [0.717, 1.165) is 24.3 Å². The molecule has 38 heavy (non-hydrogen) atoms. The van der Waals surface area contributed by atoms with Crippen LogP contribution in [0.5, 0.6) is 0 Å². The number of ketones is 1. The normalized spacial score (nSPS) is 14.9. The predicted molar refractivity (Wildman–Crippen MR) is 141 cm³/mol. The summed E-state index contributed by atoms with van der Waals surface area (Å²) in [6.07, 6.45) is -4.62. The molecule has 1 unspecified atom stereocenters. The molecule has 2 rings (SSSR count). The zero-order valence-electron chi connectivity index (χ0n) is 19.7. The van der Waals surface area contributed by atoms with Crippen LogP contribution in [0.15, 0.2) is 40.9 Å². The average molecular weight is 689 g/mol. The van der Waals surface area contributed by atoms with Crippen molar-refractivity contribution >= 4 is 72.2 Å². The average Bonchev–Trinajstić information content (AvgIpc) is 2.71. The van der Waals surface area contributed by atoms with E-state index in [2.05, 4.69) is 15.9 Å². The number of rotatable bonds is 10. The monoisotopic (exact) mass is 686 g/mol. The molecule has 0 heterocycles. The molecule has 3 nitrogen and oxygen atoms in total. The second-order valence-corrected chi connectivity index (χ2v) is 13.0. The number of allylic oxidation sites excluding steroid dienone is 1. The zero-order valence-corrected chi connectivity index (χ0v) is 24.3. The number of sulfone groups is 1. The van der Waals surface area contributed by atoms with Gasteiger partial charge in [0.15, 0.2) is 15.6 Å². The lowest BCUT2D eigenvalue weighted by Crippen LogP contribution is -2.28. The third-order valence-corrected chi connectivity index (χ3v) is 8.92. The number of halogens is 10. The van der Waals surface area contributed by atoms with Crippen molar-refractivity contribution in [2.45, 2.75) is 38.3 Å². The lowest BCUT2D eigenvalue weighted by atomic mass is 9.91. The lowest BCUT2D eigenvalue weighted by Gasteiger charge is -2.22. The van der Waals surface area contributed by atoms with Gasteiger partial charge in [-0.3, -0.25) is 4.79 Å². The molecule has 0 aliphatic carbocycles. The van der Waals surface area contributed by atoms with Crippen LogP contribution in [-0.2, 0) is 9.84 Å². The second kappa shape index (κ2) is 12.5. The molecular weight excluding hydrogens is 669 g/mol. The van der Waals surface area contributed by atoms with Crippen LogP contribution < -0.4 is 0 Å². The van der Waals surface area contributed by atoms with Gasteiger partial charge in [0.25, 0.3) is 5.92 Å². The van der Waals surface area contributed by atoms with Gasteiger partial charge in [-0.25, -0.2) is 21.6 Å². The van der Waals surface area contributed by atoms with Crippen LogP contribution in [0.2, 0.25) is 15.1 Å². The minimum atomic E-state index is -4.90. The van der Waals surface area contributed by atoms with E-state index >= 15 is 4.39 Å². The highest BCUT2D eigenvalue weighted by molar-refractivity contribution is 9.10. The van der Waals surface area contributed by atoms with Crippen LogP contribution in [0.4, 0.5) is 26.3 Å². The van der Waals surface area contributed by atoms with Gasteiger partial charge in [-0.2, -0.15) is 13.2 Å². The molecular formula is C24H20BrCl3F6O3S. The first-order valence-electron chi connectivity index (χ1n) is 10.7. The highest BCUT2D eigenvalue weighted by Crippen LogP contribution is 2.41. The van der Waals surface area contributed by atoms with Gasteiger partial charge >= 0.3 is 6.18 Å². The van der Waals surface area contributed by atoms with Crippen molar-refractivity contribution in [2.24, 2.45) is 5.92 Å². The summed E-state index contributed by atoms with van der Waals surface area (Å²) in [4.78, 5) is 12.6. The first-order chi connectivity index (χ1) is 17.2. The van der Waals surface area contributed by atoms with Crippen LogP contribution in [0, 0.1) is 5.92 Å². The summed E-state index contributed by atoms with van der Waals surface area (Å²) in [7, 11) is -4.48. The third kappa shape index (κ3) is 9.43. The first-order valence-corrected chi connectivity index (χ1v) is 14.4. The van der Waals surface area contributed by atoms with Crippen molar-refractivity contribution in [1.82, 2.24) is 0 Å². The Morgan fingerprint density at radius 2 is 1.61 bits per heavy atom. The zero-order chi connectivity index (χ0) is 29.2. The molecule has 0 saturated heterocycles. The molecule has 210 valence electrons. The van der Waals surface area contributed by atoms with Gasteiger partial charge < -0.3 is 0 Å². The smallest absolute Gasteiger partial charge is 0.294 e. The van der Waals surface area contributed by atoms with Gasteiger partial charge in [0, 0.05) is 28.9 Å². The first kappa shape index (κ1) is 32.9. The standard InChI is InChI=1S/C24H20BrCl3F6O3S/c1-12(10-38(36,37)11-24(32,33)34)5-21(35)15-4-3-13(6-17(15)25)20(29)9-16(23(2,30)31)14-7-18(26)22(28)19(27)8-14/h3-4,6-9,12,16H,5,10-11H2,1-2H3/b20-9-/t12-,16?/m0/s1. The molecule has 2 aromatic rings. The van der Waals surface area contributed by atoms with Gasteiger partial charge in [-0.05, 0) is 41.8 Å². The number of carbonyl (C=O) groups is 1. The Labute approximate surface area is 239 Å². The molecule has 0 N–H and O–H groups in total. The Morgan fingerprint density at radius 3 is 2.08 bits per heavy atom. The predicted octanol–water partition coefficient (Wildman–Crippen LogP) is 9.34. The van der Waals surface area contributed by atoms with Crippen molar-refractivity contribution in [1.29, 1.82) is 0 Å². The van der Waals surface area contributed by atoms with Crippen LogP contribution in [0.25, 0.3) is 5.83 Å². The Balaban J connectivity index is 2.28. The Bertz CT molecular complexity index is 1320. The molecule has 0 radical (unpaired) electrons. The van der Waals surface area contributed by atoms with Crippen molar-refractivity contribution in [3.8, 4) is 0 Å². The van der Waals surface area contributed by atoms with Gasteiger partial charge in [0.05, 0.1) is 26.7 Å². The van der Waals surface area contributed by atoms with Gasteiger partial charge in [-0.15, -0.1) is 0 Å². The van der Waals surface area contributed by atoms with E-state index in [1.165, 1.54) is 13.0 Å². The number of benzene rings is 2. The van der Waals surface area contributed by atoms with Crippen molar-refractivity contribution in [3.63, 3.8) is 0 Å². The highest BCUT2D eigenvalue weighted by atomic mass is 79.9. The minimum Gasteiger partial charge on any atom is -0.294 e. The fourth-order valence-electron chi connectivity index (χ4n) is 3.65. The van der Waals surface area contributed by atoms with E-state index in [4.69, 9.17) is 34.8 Å². The minimum absolute atomic E-state index is 0.00950. The Kier molecular flexibility index (Phi) is 10.8. The fraction of sp³-hybridized carbons (Fsp3) is 0.375. The topological polar surface area (TPSA) is 51.2 Å². The van der Waals surface area contributed by atoms with Crippen LogP contribution >= 0.6 is 50.7 Å². The Morgan fingerprint density at radius 1 is 1.05 bits per heavy atom. The summed E-state index contributed by atoms with van der Waals surface area (Å²) >= 11 is 20.8. The maximum atomic E-state index is 15.1. The molecule has 2 atom stereocenters. The van der Waals surface area contributed by atoms with E-state index in [1.54, 1.807) is 0 Å². The van der Waals surface area contributed by atoms with Crippen molar-refractivity contribution < 1.29 is 39.6 Å². The molecule has 0 bridgehead atoms. The van der Waals surface area contributed by atoms with E-state index in [-0.39, 0.29) is 36.2 Å². The van der Waals surface area contributed by atoms with E-state index in [0.29, 0.717) is 13.0 Å². The van der Waals surface area contributed by atoms with E-state index in [9.17, 15) is 35.2 Å². The summed E-state index contributed by atoms with van der Waals surface area (Å²) in [5, 5.41) is -0.234. The third-order valence-electron chi connectivity index (χ3n) is 5.23. The quantitative estimate of drug-likeness (QED) is 0.142. The van der Waals surface area contributed by atoms with Crippen LogP contribution in [-0.4, -0.2) is 37.8 Å². The number of carbonyl (C=O) groups excluding carboxylic acids is 1. The molecule has 14 heteroatoms. The van der Waals surface area contributed by atoms with Crippen molar-refractivity contribution in [3.05, 3.63) is 72.6 Å². The van der Waals surface area contributed by atoms with Gasteiger partial charge in [-0.1, -0.05) is 63.7 Å². The second-order valence-electron chi connectivity index (χ2n) is 8.84. The highest BCUT2D eigenvalue weighted by Gasteiger charge is 2.36. The SMILES string of the molecule is C[C@@H](CC(=O)c1ccc(/C(F)=C/C(c2cc(Cl)c(Cl)c(Cl)c2)C(C)(F)F)cc1Br)CS(=O)(=O)CC(F)(F)F. The van der Waals surface area contributed by atoms with Crippen LogP contribution in [0.3, 0.4) is 0 Å². The summed E-state index contributed by atoms with van der Waals surface area (Å²) < 4.78 is 105. The number of hydrogen-bond acceptors (Lipinski definition) is 3. The summed E-state index contributed by atoms with van der Waals surface area (Å²) in [5.41, 5.74) is -0.239. The summed E-state index contributed by atoms with van der Waals surface area (Å²) in [6.45, 7) is 1.91. The number of Topliss-reactive ketones (excluding diaryl/α,β-unsaturated/α-hetero) is 1. The molecule has 0 saturated carbocycles. The lowest BCUT2D eigenvalue weighted by molar-refractivity contribution is -0.106. The largest absolute Gasteiger partial charge is 0.402 e. The molecule has 0 aliphatic rings. The van der Waals surface area contributed by atoms with Gasteiger partial charge in [0.1, 0.15) is 11.6 Å². The van der Waals surface area contributed by atoms with E-state index in [1.807, 2.05) is 0 Å². The van der Waals surface area contributed by atoms with E-state index < -0.39 is 63.3 Å².